The first-order valence-corrected chi connectivity index (χ1v) is 5.58. The molecule has 0 N–H and O–H groups in total. The summed E-state index contributed by atoms with van der Waals surface area (Å²) in [5.41, 5.74) is 0.00347. The molecule has 2 heterocycles. The normalized spacial score (nSPS) is 32.3. The maximum atomic E-state index is 11.8. The van der Waals surface area contributed by atoms with Crippen molar-refractivity contribution in [3.05, 3.63) is 0 Å². The lowest BCUT2D eigenvalue weighted by Crippen LogP contribution is -2.34. The number of rotatable bonds is 0. The van der Waals surface area contributed by atoms with Crippen LogP contribution in [-0.2, 0) is 4.79 Å². The Morgan fingerprint density at radius 2 is 1.71 bits per heavy atom. The summed E-state index contributed by atoms with van der Waals surface area (Å²) in [7, 11) is 4.01. The number of hydrogen-bond acceptors (Lipinski definition) is 2. The summed E-state index contributed by atoms with van der Waals surface area (Å²) in [6.07, 6.45) is 2.12. The summed E-state index contributed by atoms with van der Waals surface area (Å²) >= 11 is 0. The third kappa shape index (κ3) is 1.78. The molecular weight excluding hydrogens is 176 g/mol. The van der Waals surface area contributed by atoms with Gasteiger partial charge in [0.05, 0.1) is 5.41 Å². The minimum absolute atomic E-state index is 0.00347. The van der Waals surface area contributed by atoms with Crippen LogP contribution in [-0.4, -0.2) is 49.4 Å². The molecule has 1 atom stereocenters. The molecule has 2 rings (SSSR count). The molecule has 2 aliphatic rings. The third-order valence-electron chi connectivity index (χ3n) is 3.27. The van der Waals surface area contributed by atoms with Gasteiger partial charge in [-0.25, -0.2) is 0 Å². The van der Waals surface area contributed by atoms with E-state index >= 15 is 0 Å². The summed E-state index contributed by atoms with van der Waals surface area (Å²) in [4.78, 5) is 15.9. The maximum absolute atomic E-state index is 11.8. The van der Waals surface area contributed by atoms with Crippen LogP contribution in [0.5, 0.6) is 0 Å². The Bertz CT molecular complexity index is 213. The van der Waals surface area contributed by atoms with Crippen molar-refractivity contribution in [3.8, 4) is 0 Å². The van der Waals surface area contributed by atoms with Crippen molar-refractivity contribution < 1.29 is 4.79 Å². The Morgan fingerprint density at radius 3 is 2.07 bits per heavy atom. The van der Waals surface area contributed by atoms with Crippen LogP contribution in [0.15, 0.2) is 0 Å². The van der Waals surface area contributed by atoms with E-state index in [1.165, 1.54) is 0 Å². The van der Waals surface area contributed by atoms with Gasteiger partial charge in [0.2, 0.25) is 5.91 Å². The van der Waals surface area contributed by atoms with Crippen LogP contribution in [0.4, 0.5) is 0 Å². The predicted octanol–water partition coefficient (Wildman–Crippen LogP) is 1.20. The molecule has 0 bridgehead atoms. The largest absolute Gasteiger partial charge is 0.345 e. The second-order valence-electron chi connectivity index (χ2n) is 4.24. The van der Waals surface area contributed by atoms with Crippen LogP contribution in [0.1, 0.15) is 26.7 Å². The molecule has 2 fully saturated rings. The number of hydrogen-bond donors (Lipinski definition) is 0. The highest BCUT2D eigenvalue weighted by Crippen LogP contribution is 2.39. The standard InChI is InChI=1S/C9H16N2O.C2H6/c1-10-5-3-9(7-10)4-6-11(2)8(9)12;1-2/h3-7H2,1-2H3;1-2H3. The Morgan fingerprint density at radius 1 is 1.14 bits per heavy atom. The molecule has 2 aliphatic heterocycles. The van der Waals surface area contributed by atoms with Crippen LogP contribution in [0.3, 0.4) is 0 Å². The Labute approximate surface area is 87.1 Å². The molecule has 1 amide bonds. The molecule has 0 aromatic rings. The summed E-state index contributed by atoms with van der Waals surface area (Å²) in [6, 6.07) is 0. The average molecular weight is 198 g/mol. The van der Waals surface area contributed by atoms with E-state index in [0.717, 1.165) is 32.5 Å². The van der Waals surface area contributed by atoms with Gasteiger partial charge in [0.15, 0.2) is 0 Å². The number of carbonyl (C=O) groups is 1. The molecule has 0 aromatic carbocycles. The van der Waals surface area contributed by atoms with Gasteiger partial charge in [-0.2, -0.15) is 0 Å². The number of amides is 1. The van der Waals surface area contributed by atoms with E-state index in [-0.39, 0.29) is 5.41 Å². The highest BCUT2D eigenvalue weighted by molar-refractivity contribution is 5.85. The molecule has 0 aliphatic carbocycles. The molecule has 0 aromatic heterocycles. The summed E-state index contributed by atoms with van der Waals surface area (Å²) in [5.74, 6) is 0.367. The SMILES string of the molecule is CC.CN1CCC2(CCN(C)C2=O)C1. The molecule has 0 saturated carbocycles. The summed E-state index contributed by atoms with van der Waals surface area (Å²) in [6.45, 7) is 7.00. The predicted molar refractivity (Wildman–Crippen MR) is 58.1 cm³/mol. The van der Waals surface area contributed by atoms with E-state index in [2.05, 4.69) is 11.9 Å². The van der Waals surface area contributed by atoms with E-state index in [1.54, 1.807) is 0 Å². The van der Waals surface area contributed by atoms with Gasteiger partial charge in [0, 0.05) is 20.1 Å². The Hall–Kier alpha value is -0.570. The van der Waals surface area contributed by atoms with Gasteiger partial charge in [-0.1, -0.05) is 13.8 Å². The highest BCUT2D eigenvalue weighted by atomic mass is 16.2. The molecule has 1 spiro atoms. The molecular formula is C11H22N2O. The third-order valence-corrected chi connectivity index (χ3v) is 3.27. The van der Waals surface area contributed by atoms with E-state index < -0.39 is 0 Å². The lowest BCUT2D eigenvalue weighted by molar-refractivity contribution is -0.134. The van der Waals surface area contributed by atoms with Gasteiger partial charge in [0.1, 0.15) is 0 Å². The average Bonchev–Trinajstić information content (AvgIpc) is 2.70. The maximum Gasteiger partial charge on any atom is 0.229 e. The number of nitrogens with zero attached hydrogens (tertiary/aromatic N) is 2. The summed E-state index contributed by atoms with van der Waals surface area (Å²) in [5, 5.41) is 0. The van der Waals surface area contributed by atoms with Gasteiger partial charge in [-0.15, -0.1) is 0 Å². The molecule has 2 saturated heterocycles. The van der Waals surface area contributed by atoms with E-state index in [1.807, 2.05) is 25.8 Å². The molecule has 1 unspecified atom stereocenters. The fourth-order valence-electron chi connectivity index (χ4n) is 2.45. The van der Waals surface area contributed by atoms with Crippen LogP contribution in [0.2, 0.25) is 0 Å². The quantitative estimate of drug-likeness (QED) is 0.584. The highest BCUT2D eigenvalue weighted by Gasteiger charge is 2.48. The molecule has 3 heteroatoms. The lowest BCUT2D eigenvalue weighted by atomic mass is 9.86. The van der Waals surface area contributed by atoms with Gasteiger partial charge < -0.3 is 9.80 Å². The fraction of sp³-hybridized carbons (Fsp3) is 0.909. The van der Waals surface area contributed by atoms with Crippen molar-refractivity contribution in [1.29, 1.82) is 0 Å². The van der Waals surface area contributed by atoms with Gasteiger partial charge in [-0.3, -0.25) is 4.79 Å². The van der Waals surface area contributed by atoms with Crippen molar-refractivity contribution >= 4 is 5.91 Å². The zero-order chi connectivity index (χ0) is 10.8. The van der Waals surface area contributed by atoms with Gasteiger partial charge in [0.25, 0.3) is 0 Å². The smallest absolute Gasteiger partial charge is 0.229 e. The molecule has 82 valence electrons. The Balaban J connectivity index is 0.000000461. The minimum Gasteiger partial charge on any atom is -0.345 e. The zero-order valence-corrected chi connectivity index (χ0v) is 9.84. The topological polar surface area (TPSA) is 23.6 Å². The van der Waals surface area contributed by atoms with Crippen LogP contribution in [0.25, 0.3) is 0 Å². The Kier molecular flexibility index (Phi) is 3.53. The molecule has 0 radical (unpaired) electrons. The molecule has 3 nitrogen and oxygen atoms in total. The van der Waals surface area contributed by atoms with Crippen molar-refractivity contribution in [2.75, 3.05) is 33.7 Å². The van der Waals surface area contributed by atoms with E-state index in [9.17, 15) is 4.79 Å². The fourth-order valence-corrected chi connectivity index (χ4v) is 2.45. The second-order valence-corrected chi connectivity index (χ2v) is 4.24. The van der Waals surface area contributed by atoms with Crippen LogP contribution < -0.4 is 0 Å². The summed E-state index contributed by atoms with van der Waals surface area (Å²) < 4.78 is 0. The first kappa shape index (κ1) is 11.5. The zero-order valence-electron chi connectivity index (χ0n) is 9.84. The van der Waals surface area contributed by atoms with Gasteiger partial charge in [-0.05, 0) is 26.4 Å². The number of likely N-dealkylation sites (tertiary alicyclic amines) is 2. The monoisotopic (exact) mass is 198 g/mol. The minimum atomic E-state index is 0.00347. The van der Waals surface area contributed by atoms with Crippen LogP contribution >= 0.6 is 0 Å². The number of carbonyl (C=O) groups excluding carboxylic acids is 1. The van der Waals surface area contributed by atoms with E-state index in [4.69, 9.17) is 0 Å². The van der Waals surface area contributed by atoms with Crippen molar-refractivity contribution in [1.82, 2.24) is 9.80 Å². The molecule has 14 heavy (non-hydrogen) atoms. The van der Waals surface area contributed by atoms with Crippen molar-refractivity contribution in [2.45, 2.75) is 26.7 Å². The lowest BCUT2D eigenvalue weighted by Gasteiger charge is -2.20. The van der Waals surface area contributed by atoms with Crippen LogP contribution in [0, 0.1) is 5.41 Å². The second kappa shape index (κ2) is 4.30. The first-order valence-electron chi connectivity index (χ1n) is 5.58. The van der Waals surface area contributed by atoms with Crippen molar-refractivity contribution in [3.63, 3.8) is 0 Å². The first-order chi connectivity index (χ1) is 6.64. The van der Waals surface area contributed by atoms with E-state index in [0.29, 0.717) is 5.91 Å². The van der Waals surface area contributed by atoms with Gasteiger partial charge >= 0.3 is 0 Å². The van der Waals surface area contributed by atoms with Crippen molar-refractivity contribution in [2.24, 2.45) is 5.41 Å².